The molecule has 0 aliphatic heterocycles. The summed E-state index contributed by atoms with van der Waals surface area (Å²) in [7, 11) is 3.29. The van der Waals surface area contributed by atoms with Crippen molar-refractivity contribution in [2.45, 2.75) is 112 Å². The highest BCUT2D eigenvalue weighted by Gasteiger charge is 2.65. The Morgan fingerprint density at radius 3 is 2.31 bits per heavy atom. The molecule has 204 valence electrons. The van der Waals surface area contributed by atoms with Crippen LogP contribution in [0, 0.1) is 51.2 Å². The summed E-state index contributed by atoms with van der Waals surface area (Å²) in [5.41, 5.74) is 2.73. The molecule has 36 heavy (non-hydrogen) atoms. The fourth-order valence-electron chi connectivity index (χ4n) is 10.3. The maximum Gasteiger partial charge on any atom is 0.308 e. The monoisotopic (exact) mass is 500 g/mol. The molecule has 0 aromatic rings. The predicted molar refractivity (Wildman–Crippen MR) is 144 cm³/mol. The molecule has 4 aliphatic carbocycles. The summed E-state index contributed by atoms with van der Waals surface area (Å²) >= 11 is 0. The fraction of sp³-hybridized carbons (Fsp3) is 0.875. The van der Waals surface area contributed by atoms with Gasteiger partial charge in [-0.25, -0.2) is 0 Å². The Kier molecular flexibility index (Phi) is 7.39. The molecule has 3 fully saturated rings. The molecule has 9 atom stereocenters. The predicted octanol–water partition coefficient (Wildman–Crippen LogP) is 7.40. The van der Waals surface area contributed by atoms with Crippen molar-refractivity contribution in [3.63, 3.8) is 0 Å². The zero-order valence-corrected chi connectivity index (χ0v) is 24.5. The van der Waals surface area contributed by atoms with Crippen molar-refractivity contribution in [3.05, 3.63) is 11.6 Å². The number of methoxy groups -OCH3 is 2. The molecule has 0 radical (unpaired) electrons. The van der Waals surface area contributed by atoms with Gasteiger partial charge in [-0.15, -0.1) is 0 Å². The van der Waals surface area contributed by atoms with E-state index in [1.807, 2.05) is 7.11 Å². The van der Waals surface area contributed by atoms with Crippen molar-refractivity contribution in [1.82, 2.24) is 0 Å². The minimum absolute atomic E-state index is 0.194. The Hall–Kier alpha value is -1.16. The van der Waals surface area contributed by atoms with Crippen molar-refractivity contribution in [2.75, 3.05) is 14.2 Å². The van der Waals surface area contributed by atoms with E-state index >= 15 is 0 Å². The van der Waals surface area contributed by atoms with Gasteiger partial charge >= 0.3 is 5.97 Å². The van der Waals surface area contributed by atoms with E-state index in [0.717, 1.165) is 0 Å². The van der Waals surface area contributed by atoms with Crippen LogP contribution in [0.4, 0.5) is 0 Å². The van der Waals surface area contributed by atoms with Crippen molar-refractivity contribution < 1.29 is 19.1 Å². The van der Waals surface area contributed by atoms with Gasteiger partial charge in [-0.3, -0.25) is 9.59 Å². The molecule has 0 spiro atoms. The number of ketones is 1. The summed E-state index contributed by atoms with van der Waals surface area (Å²) < 4.78 is 10.8. The lowest BCUT2D eigenvalue weighted by Crippen LogP contribution is -2.58. The van der Waals surface area contributed by atoms with Gasteiger partial charge in [0.1, 0.15) is 5.78 Å². The Morgan fingerprint density at radius 1 is 0.972 bits per heavy atom. The fourth-order valence-corrected chi connectivity index (χ4v) is 10.3. The lowest BCUT2D eigenvalue weighted by atomic mass is 9.41. The molecule has 4 rings (SSSR count). The van der Waals surface area contributed by atoms with Gasteiger partial charge in [-0.2, -0.15) is 0 Å². The molecule has 4 aliphatic rings. The number of carbonyl (C=O) groups excluding carboxylic acids is 2. The molecule has 0 N–H and O–H groups in total. The van der Waals surface area contributed by atoms with E-state index < -0.39 is 0 Å². The van der Waals surface area contributed by atoms with Crippen LogP contribution in [0.2, 0.25) is 0 Å². The van der Waals surface area contributed by atoms with Gasteiger partial charge in [0.25, 0.3) is 0 Å². The molecule has 4 nitrogen and oxygen atoms in total. The average molecular weight is 501 g/mol. The summed E-state index contributed by atoms with van der Waals surface area (Å²) in [6, 6.07) is 0. The Morgan fingerprint density at radius 2 is 1.67 bits per heavy atom. The van der Waals surface area contributed by atoms with Gasteiger partial charge in [0.15, 0.2) is 0 Å². The minimum atomic E-state index is -0.354. The average Bonchev–Trinajstić information content (AvgIpc) is 3.09. The van der Waals surface area contributed by atoms with Crippen molar-refractivity contribution in [3.8, 4) is 0 Å². The number of esters is 1. The molecule has 1 unspecified atom stereocenters. The molecular formula is C32H52O4. The SMILES string of the molecule is COC(=O)C(C)CC(=O)C[C@@H](C)[C@H]1CC[C@@]2(C)C3=CC[C@H]4C(C)(C)[C@H](OC)CC[C@]4(C)[C@@H]3CC[C@]12C. The smallest absolute Gasteiger partial charge is 0.308 e. The zero-order valence-electron chi connectivity index (χ0n) is 24.5. The third-order valence-corrected chi connectivity index (χ3v) is 12.5. The first-order valence-corrected chi connectivity index (χ1v) is 14.6. The summed E-state index contributed by atoms with van der Waals surface area (Å²) in [6.07, 6.45) is 12.5. The van der Waals surface area contributed by atoms with Crippen LogP contribution in [0.5, 0.6) is 0 Å². The van der Waals surface area contributed by atoms with Gasteiger partial charge in [0.05, 0.1) is 19.1 Å². The van der Waals surface area contributed by atoms with Crippen molar-refractivity contribution in [1.29, 1.82) is 0 Å². The van der Waals surface area contributed by atoms with Gasteiger partial charge in [0, 0.05) is 20.0 Å². The van der Waals surface area contributed by atoms with E-state index in [0.29, 0.717) is 48.0 Å². The van der Waals surface area contributed by atoms with Crippen LogP contribution < -0.4 is 0 Å². The first-order chi connectivity index (χ1) is 16.8. The minimum Gasteiger partial charge on any atom is -0.469 e. The number of hydrogen-bond acceptors (Lipinski definition) is 4. The molecule has 4 heteroatoms. The third-order valence-electron chi connectivity index (χ3n) is 12.5. The molecule has 0 aromatic carbocycles. The second-order valence-corrected chi connectivity index (χ2v) is 14.4. The highest BCUT2D eigenvalue weighted by atomic mass is 16.5. The number of ether oxygens (including phenoxy) is 2. The van der Waals surface area contributed by atoms with Crippen LogP contribution in [0.25, 0.3) is 0 Å². The van der Waals surface area contributed by atoms with Gasteiger partial charge in [-0.05, 0) is 90.3 Å². The number of fused-ring (bicyclic) bond motifs is 5. The normalized spacial score (nSPS) is 42.9. The summed E-state index contributed by atoms with van der Waals surface area (Å²) in [6.45, 7) is 16.7. The largest absolute Gasteiger partial charge is 0.469 e. The number of hydrogen-bond donors (Lipinski definition) is 0. The first-order valence-electron chi connectivity index (χ1n) is 14.6. The van der Waals surface area contributed by atoms with E-state index in [1.54, 1.807) is 12.5 Å². The quantitative estimate of drug-likeness (QED) is 0.270. The highest BCUT2D eigenvalue weighted by molar-refractivity contribution is 5.84. The van der Waals surface area contributed by atoms with Crippen LogP contribution in [0.3, 0.4) is 0 Å². The summed E-state index contributed by atoms with van der Waals surface area (Å²) in [5, 5.41) is 0. The second-order valence-electron chi connectivity index (χ2n) is 14.4. The van der Waals surface area contributed by atoms with Crippen LogP contribution in [-0.2, 0) is 19.1 Å². The number of rotatable bonds is 7. The van der Waals surface area contributed by atoms with Gasteiger partial charge < -0.3 is 9.47 Å². The van der Waals surface area contributed by atoms with E-state index in [1.165, 1.54) is 52.1 Å². The molecule has 3 saturated carbocycles. The highest BCUT2D eigenvalue weighted by Crippen LogP contribution is 2.73. The Bertz CT molecular complexity index is 904. The van der Waals surface area contributed by atoms with Crippen LogP contribution in [0.15, 0.2) is 11.6 Å². The number of Topliss-reactive ketones (excluding diaryl/α,β-unsaturated/α-hetero) is 1. The maximum atomic E-state index is 12.9. The molecule has 0 aromatic heterocycles. The van der Waals surface area contributed by atoms with Crippen molar-refractivity contribution >= 4 is 11.8 Å². The van der Waals surface area contributed by atoms with Crippen LogP contribution in [-0.4, -0.2) is 32.1 Å². The molecule has 0 bridgehead atoms. The van der Waals surface area contributed by atoms with Crippen LogP contribution >= 0.6 is 0 Å². The van der Waals surface area contributed by atoms with Gasteiger partial charge in [0.2, 0.25) is 0 Å². The lowest BCUT2D eigenvalue weighted by Gasteiger charge is -2.64. The Balaban J connectivity index is 1.55. The number of allylic oxidation sites excluding steroid dienone is 2. The zero-order chi connectivity index (χ0) is 26.7. The summed E-state index contributed by atoms with van der Waals surface area (Å²) in [5.74, 6) is 1.79. The topological polar surface area (TPSA) is 52.6 Å². The standard InChI is InChI=1S/C32H52O4/c1-20(18-22(33)19-21(2)28(34)36-9)23-12-16-32(7)25-10-11-26-29(3,4)27(35-8)14-15-30(26,5)24(25)13-17-31(23,32)6/h10,20-21,23-24,26-27H,11-19H2,1-9H3/t20-,21?,23-,24-,26+,27-,30-,31-,32+/m1/s1. The number of carbonyl (C=O) groups is 2. The van der Waals surface area contributed by atoms with E-state index in [9.17, 15) is 9.59 Å². The first kappa shape index (κ1) is 27.9. The van der Waals surface area contributed by atoms with Gasteiger partial charge in [-0.1, -0.05) is 60.1 Å². The third kappa shape index (κ3) is 4.03. The second kappa shape index (κ2) is 9.54. The molecule has 0 saturated heterocycles. The maximum absolute atomic E-state index is 12.9. The van der Waals surface area contributed by atoms with E-state index in [2.05, 4.69) is 47.6 Å². The van der Waals surface area contributed by atoms with Crippen molar-refractivity contribution in [2.24, 2.45) is 51.2 Å². The lowest BCUT2D eigenvalue weighted by molar-refractivity contribution is -0.146. The Labute approximate surface area is 220 Å². The molecule has 0 amide bonds. The van der Waals surface area contributed by atoms with Crippen LogP contribution in [0.1, 0.15) is 106 Å². The van der Waals surface area contributed by atoms with E-state index in [4.69, 9.17) is 9.47 Å². The molecular weight excluding hydrogens is 448 g/mol. The van der Waals surface area contributed by atoms with E-state index in [-0.39, 0.29) is 33.9 Å². The summed E-state index contributed by atoms with van der Waals surface area (Å²) in [4.78, 5) is 24.7. The molecule has 0 heterocycles.